The van der Waals surface area contributed by atoms with Crippen molar-refractivity contribution in [3.05, 3.63) is 54.1 Å². The standard InChI is InChI=1S/C35H51N3O7S/c1-25-22-38(26(2)24-39)35(41)31-21-29(36-34(40)28-14-7-5-8-15-28)18-19-32(31)45-27(3)13-11-12-20-44-33(25)23-37(4)46(42,43)30-16-9-6-10-17-30/h6,9-10,16-19,21,25-28,33,39H,5,7-8,11-15,20,22-24H2,1-4H3,(H,36,40)/t25-,26-,27-,33-/m0/s1. The van der Waals surface area contributed by atoms with Crippen LogP contribution in [0.2, 0.25) is 0 Å². The molecule has 0 spiro atoms. The van der Waals surface area contributed by atoms with Crippen LogP contribution in [0.4, 0.5) is 5.69 Å². The number of aliphatic hydroxyl groups excluding tert-OH is 1. The molecule has 4 atom stereocenters. The minimum Gasteiger partial charge on any atom is -0.490 e. The van der Waals surface area contributed by atoms with Gasteiger partial charge in [-0.15, -0.1) is 0 Å². The number of rotatable bonds is 8. The van der Waals surface area contributed by atoms with E-state index in [4.69, 9.17) is 9.47 Å². The maximum atomic E-state index is 14.3. The summed E-state index contributed by atoms with van der Waals surface area (Å²) in [5.74, 6) is -0.278. The number of carbonyl (C=O) groups is 2. The zero-order chi connectivity index (χ0) is 33.3. The molecule has 0 aromatic heterocycles. The number of ether oxygens (including phenoxy) is 2. The normalized spacial score (nSPS) is 23.2. The Kier molecular flexibility index (Phi) is 13.0. The number of anilines is 1. The average Bonchev–Trinajstić information content (AvgIpc) is 3.06. The van der Waals surface area contributed by atoms with Gasteiger partial charge in [-0.05, 0) is 76.3 Å². The third kappa shape index (κ3) is 9.30. The second-order valence-corrected chi connectivity index (χ2v) is 15.0. The van der Waals surface area contributed by atoms with Crippen molar-refractivity contribution in [2.24, 2.45) is 11.8 Å². The summed E-state index contributed by atoms with van der Waals surface area (Å²) < 4.78 is 40.6. The molecule has 1 fully saturated rings. The SMILES string of the molecule is C[C@H]1CCCCO[C@@H](CN(C)S(=O)(=O)c2ccccc2)[C@@H](C)CN([C@@H](C)CO)C(=O)c2cc(NC(=O)C3CCCCC3)ccc2O1. The van der Waals surface area contributed by atoms with Gasteiger partial charge >= 0.3 is 0 Å². The van der Waals surface area contributed by atoms with Crippen molar-refractivity contribution in [2.45, 2.75) is 95.3 Å². The lowest BCUT2D eigenvalue weighted by Crippen LogP contribution is -2.48. The van der Waals surface area contributed by atoms with Gasteiger partial charge in [-0.2, -0.15) is 4.31 Å². The van der Waals surface area contributed by atoms with Gasteiger partial charge in [0.25, 0.3) is 5.91 Å². The summed E-state index contributed by atoms with van der Waals surface area (Å²) in [6.07, 6.45) is 6.58. The molecule has 46 heavy (non-hydrogen) atoms. The number of sulfonamides is 1. The Morgan fingerprint density at radius 3 is 2.43 bits per heavy atom. The lowest BCUT2D eigenvalue weighted by Gasteiger charge is -2.35. The van der Waals surface area contributed by atoms with Crippen molar-refractivity contribution in [3.63, 3.8) is 0 Å². The summed E-state index contributed by atoms with van der Waals surface area (Å²) in [5, 5.41) is 13.2. The van der Waals surface area contributed by atoms with Gasteiger partial charge in [-0.25, -0.2) is 8.42 Å². The third-order valence-corrected chi connectivity index (χ3v) is 11.0. The molecule has 2 aliphatic rings. The van der Waals surface area contributed by atoms with Crippen LogP contribution < -0.4 is 10.1 Å². The highest BCUT2D eigenvalue weighted by atomic mass is 32.2. The first-order valence-electron chi connectivity index (χ1n) is 16.7. The minimum absolute atomic E-state index is 0.0361. The van der Waals surface area contributed by atoms with Gasteiger partial charge in [-0.3, -0.25) is 9.59 Å². The molecular weight excluding hydrogens is 606 g/mol. The molecule has 2 N–H and O–H groups in total. The van der Waals surface area contributed by atoms with Crippen LogP contribution in [0.1, 0.15) is 82.5 Å². The quantitative estimate of drug-likeness (QED) is 0.394. The molecule has 1 saturated carbocycles. The number of fused-ring (bicyclic) bond motifs is 1. The maximum absolute atomic E-state index is 14.3. The van der Waals surface area contributed by atoms with Crippen molar-refractivity contribution in [2.75, 3.05) is 38.7 Å². The molecular formula is C35H51N3O7S. The molecule has 2 aromatic rings. The lowest BCUT2D eigenvalue weighted by atomic mass is 9.88. The van der Waals surface area contributed by atoms with Gasteiger partial charge in [0.15, 0.2) is 0 Å². The van der Waals surface area contributed by atoms with Crippen LogP contribution in [0.3, 0.4) is 0 Å². The van der Waals surface area contributed by atoms with Crippen LogP contribution in [-0.4, -0.2) is 86.1 Å². The molecule has 1 aliphatic heterocycles. The number of carbonyl (C=O) groups excluding carboxylic acids is 2. The number of aliphatic hydroxyl groups is 1. The van der Waals surface area contributed by atoms with Crippen LogP contribution in [0.15, 0.2) is 53.4 Å². The fourth-order valence-electron chi connectivity index (χ4n) is 6.20. The highest BCUT2D eigenvalue weighted by Gasteiger charge is 2.32. The number of hydrogen-bond donors (Lipinski definition) is 2. The predicted octanol–water partition coefficient (Wildman–Crippen LogP) is 5.32. The van der Waals surface area contributed by atoms with E-state index in [-0.39, 0.29) is 54.3 Å². The Balaban J connectivity index is 1.63. The van der Waals surface area contributed by atoms with E-state index >= 15 is 0 Å². The summed E-state index contributed by atoms with van der Waals surface area (Å²) in [6, 6.07) is 12.9. The predicted molar refractivity (Wildman–Crippen MR) is 178 cm³/mol. The molecule has 11 heteroatoms. The number of likely N-dealkylation sites (N-methyl/N-ethyl adjacent to an activating group) is 1. The van der Waals surface area contributed by atoms with E-state index in [1.165, 1.54) is 4.31 Å². The first-order chi connectivity index (χ1) is 22.0. The van der Waals surface area contributed by atoms with E-state index in [9.17, 15) is 23.1 Å². The summed E-state index contributed by atoms with van der Waals surface area (Å²) in [4.78, 5) is 29.2. The topological polar surface area (TPSA) is 125 Å². The summed E-state index contributed by atoms with van der Waals surface area (Å²) >= 11 is 0. The van der Waals surface area contributed by atoms with Gasteiger partial charge in [0.1, 0.15) is 5.75 Å². The number of benzene rings is 2. The lowest BCUT2D eigenvalue weighted by molar-refractivity contribution is -0.120. The second-order valence-electron chi connectivity index (χ2n) is 12.9. The minimum atomic E-state index is -3.76. The van der Waals surface area contributed by atoms with Crippen LogP contribution in [-0.2, 0) is 19.6 Å². The Labute approximate surface area is 274 Å². The van der Waals surface area contributed by atoms with Gasteiger partial charge in [-0.1, -0.05) is 44.4 Å². The molecule has 10 nitrogen and oxygen atoms in total. The van der Waals surface area contributed by atoms with Crippen molar-refractivity contribution in [1.29, 1.82) is 0 Å². The smallest absolute Gasteiger partial charge is 0.258 e. The molecule has 1 aliphatic carbocycles. The Hall–Kier alpha value is -2.99. The summed E-state index contributed by atoms with van der Waals surface area (Å²) in [5.41, 5.74) is 0.831. The van der Waals surface area contributed by atoms with E-state index in [2.05, 4.69) is 5.32 Å². The molecule has 0 radical (unpaired) electrons. The summed E-state index contributed by atoms with van der Waals surface area (Å²) in [7, 11) is -2.21. The Morgan fingerprint density at radius 1 is 1.04 bits per heavy atom. The van der Waals surface area contributed by atoms with Crippen molar-refractivity contribution in [1.82, 2.24) is 9.21 Å². The highest BCUT2D eigenvalue weighted by Crippen LogP contribution is 2.30. The van der Waals surface area contributed by atoms with Gasteiger partial charge < -0.3 is 24.8 Å². The van der Waals surface area contributed by atoms with Gasteiger partial charge in [0.05, 0.1) is 35.3 Å². The number of nitrogens with zero attached hydrogens (tertiary/aromatic N) is 2. The zero-order valence-electron chi connectivity index (χ0n) is 27.7. The molecule has 2 amide bonds. The molecule has 0 unspecified atom stereocenters. The van der Waals surface area contributed by atoms with Crippen LogP contribution in [0, 0.1) is 11.8 Å². The van der Waals surface area contributed by atoms with Crippen LogP contribution in [0.25, 0.3) is 0 Å². The molecule has 2 aromatic carbocycles. The highest BCUT2D eigenvalue weighted by molar-refractivity contribution is 7.89. The molecule has 0 saturated heterocycles. The fourth-order valence-corrected chi connectivity index (χ4v) is 7.40. The molecule has 1 heterocycles. The first kappa shape index (κ1) is 35.9. The zero-order valence-corrected chi connectivity index (χ0v) is 28.5. The van der Waals surface area contributed by atoms with Crippen LogP contribution in [0.5, 0.6) is 5.75 Å². The van der Waals surface area contributed by atoms with Crippen molar-refractivity contribution < 1.29 is 32.6 Å². The largest absolute Gasteiger partial charge is 0.490 e. The van der Waals surface area contributed by atoms with E-state index < -0.39 is 22.2 Å². The number of amides is 2. The third-order valence-electron chi connectivity index (χ3n) is 9.18. The Morgan fingerprint density at radius 2 is 1.74 bits per heavy atom. The number of hydrogen-bond acceptors (Lipinski definition) is 7. The van der Waals surface area contributed by atoms with E-state index in [0.29, 0.717) is 23.6 Å². The average molecular weight is 658 g/mol. The van der Waals surface area contributed by atoms with Gasteiger partial charge in [0.2, 0.25) is 15.9 Å². The monoisotopic (exact) mass is 657 g/mol. The first-order valence-corrected chi connectivity index (χ1v) is 18.1. The molecule has 4 rings (SSSR count). The Bertz CT molecular complexity index is 1400. The maximum Gasteiger partial charge on any atom is 0.258 e. The van der Waals surface area contributed by atoms with Crippen LogP contribution >= 0.6 is 0 Å². The van der Waals surface area contributed by atoms with Crippen molar-refractivity contribution >= 4 is 27.5 Å². The summed E-state index contributed by atoms with van der Waals surface area (Å²) in [6.45, 7) is 6.14. The van der Waals surface area contributed by atoms with E-state index in [1.807, 2.05) is 13.8 Å². The van der Waals surface area contributed by atoms with E-state index in [0.717, 1.165) is 51.4 Å². The second kappa shape index (κ2) is 16.7. The van der Waals surface area contributed by atoms with Crippen molar-refractivity contribution in [3.8, 4) is 5.75 Å². The fraction of sp³-hybridized carbons (Fsp3) is 0.600. The van der Waals surface area contributed by atoms with E-state index in [1.54, 1.807) is 67.4 Å². The molecule has 0 bridgehead atoms. The molecule has 254 valence electrons. The van der Waals surface area contributed by atoms with Gasteiger partial charge in [0, 0.05) is 44.3 Å². The number of nitrogens with one attached hydrogen (secondary N) is 1.